The first-order valence-electron chi connectivity index (χ1n) is 7.14. The van der Waals surface area contributed by atoms with Crippen LogP contribution in [0.2, 0.25) is 0 Å². The van der Waals surface area contributed by atoms with Gasteiger partial charge in [0.1, 0.15) is 24.4 Å². The van der Waals surface area contributed by atoms with Crippen LogP contribution in [0.3, 0.4) is 0 Å². The number of aliphatic hydroxyl groups excluding tert-OH is 3. The molecule has 1 aromatic carbocycles. The summed E-state index contributed by atoms with van der Waals surface area (Å²) in [6.07, 6.45) is -5.46. The SMILES string of the molecule is CC(=O)N[C@H]1[C@H](Oc2ccccc2[N+](=O)[O-])O[C@H](CO)[C@H](O)[C@@H]1O. The first-order valence-corrected chi connectivity index (χ1v) is 7.14. The second-order valence-electron chi connectivity index (χ2n) is 5.28. The van der Waals surface area contributed by atoms with Crippen LogP contribution in [0.1, 0.15) is 6.92 Å². The number of nitrogens with one attached hydrogen (secondary N) is 1. The molecule has 10 nitrogen and oxygen atoms in total. The highest BCUT2D eigenvalue weighted by Crippen LogP contribution is 2.30. The lowest BCUT2D eigenvalue weighted by molar-refractivity contribution is -0.386. The highest BCUT2D eigenvalue weighted by Gasteiger charge is 2.46. The van der Waals surface area contributed by atoms with Gasteiger partial charge in [0.2, 0.25) is 12.2 Å². The quantitative estimate of drug-likeness (QED) is 0.389. The third-order valence-electron chi connectivity index (χ3n) is 3.56. The van der Waals surface area contributed by atoms with Gasteiger partial charge in [-0.15, -0.1) is 0 Å². The fourth-order valence-electron chi connectivity index (χ4n) is 2.40. The van der Waals surface area contributed by atoms with E-state index < -0.39 is 48.1 Å². The van der Waals surface area contributed by atoms with Crippen LogP contribution in [-0.2, 0) is 9.53 Å². The van der Waals surface area contributed by atoms with Gasteiger partial charge in [0, 0.05) is 13.0 Å². The van der Waals surface area contributed by atoms with Crippen LogP contribution in [0.25, 0.3) is 0 Å². The lowest BCUT2D eigenvalue weighted by Gasteiger charge is -2.41. The molecule has 1 heterocycles. The monoisotopic (exact) mass is 342 g/mol. The number of carbonyl (C=O) groups excluding carboxylic acids is 1. The number of amides is 1. The van der Waals surface area contributed by atoms with Gasteiger partial charge in [-0.1, -0.05) is 12.1 Å². The molecule has 0 aromatic heterocycles. The molecule has 0 bridgehead atoms. The van der Waals surface area contributed by atoms with E-state index in [1.165, 1.54) is 31.2 Å². The number of nitro benzene ring substituents is 1. The van der Waals surface area contributed by atoms with E-state index >= 15 is 0 Å². The first-order chi connectivity index (χ1) is 11.3. The molecule has 0 radical (unpaired) electrons. The van der Waals surface area contributed by atoms with Gasteiger partial charge in [0.15, 0.2) is 5.75 Å². The van der Waals surface area contributed by atoms with Gasteiger partial charge in [-0.2, -0.15) is 0 Å². The Morgan fingerprint density at radius 1 is 1.38 bits per heavy atom. The number of hydrogen-bond acceptors (Lipinski definition) is 8. The van der Waals surface area contributed by atoms with Crippen molar-refractivity contribution < 1.29 is 34.5 Å². The molecule has 1 amide bonds. The second kappa shape index (κ2) is 7.53. The van der Waals surface area contributed by atoms with Crippen LogP contribution in [0.4, 0.5) is 5.69 Å². The van der Waals surface area contributed by atoms with Gasteiger partial charge in [-0.3, -0.25) is 14.9 Å². The molecule has 1 fully saturated rings. The predicted molar refractivity (Wildman–Crippen MR) is 79.1 cm³/mol. The van der Waals surface area contributed by atoms with Crippen molar-refractivity contribution in [3.8, 4) is 5.75 Å². The Balaban J connectivity index is 2.30. The Morgan fingerprint density at radius 2 is 2.04 bits per heavy atom. The number of hydrogen-bond donors (Lipinski definition) is 4. The third-order valence-corrected chi connectivity index (χ3v) is 3.56. The number of benzene rings is 1. The molecule has 1 saturated heterocycles. The van der Waals surface area contributed by atoms with Crippen molar-refractivity contribution >= 4 is 11.6 Å². The molecule has 1 aliphatic heterocycles. The molecule has 10 heteroatoms. The van der Waals surface area contributed by atoms with Gasteiger partial charge < -0.3 is 30.1 Å². The van der Waals surface area contributed by atoms with E-state index in [0.29, 0.717) is 0 Å². The number of carbonyl (C=O) groups is 1. The maximum absolute atomic E-state index is 11.3. The lowest BCUT2D eigenvalue weighted by atomic mass is 9.97. The maximum atomic E-state index is 11.3. The van der Waals surface area contributed by atoms with Crippen LogP contribution in [0, 0.1) is 10.1 Å². The van der Waals surface area contributed by atoms with Crippen molar-refractivity contribution in [3.05, 3.63) is 34.4 Å². The van der Waals surface area contributed by atoms with Crippen molar-refractivity contribution in [2.45, 2.75) is 37.6 Å². The number of para-hydroxylation sites is 2. The molecule has 0 unspecified atom stereocenters. The summed E-state index contributed by atoms with van der Waals surface area (Å²) in [5, 5.41) is 42.7. The zero-order valence-electron chi connectivity index (χ0n) is 12.7. The molecule has 5 atom stereocenters. The Labute approximate surface area is 136 Å². The number of rotatable bonds is 5. The molecule has 1 aliphatic rings. The molecular formula is C14H18N2O8. The fraction of sp³-hybridized carbons (Fsp3) is 0.500. The number of nitro groups is 1. The average molecular weight is 342 g/mol. The molecule has 24 heavy (non-hydrogen) atoms. The molecule has 0 spiro atoms. The zero-order chi connectivity index (χ0) is 17.9. The largest absolute Gasteiger partial charge is 0.455 e. The minimum absolute atomic E-state index is 0.136. The summed E-state index contributed by atoms with van der Waals surface area (Å²) in [4.78, 5) is 21.7. The lowest BCUT2D eigenvalue weighted by Crippen LogP contribution is -2.65. The van der Waals surface area contributed by atoms with E-state index in [9.17, 15) is 30.2 Å². The first kappa shape index (κ1) is 18.1. The minimum Gasteiger partial charge on any atom is -0.455 e. The zero-order valence-corrected chi connectivity index (χ0v) is 12.7. The third kappa shape index (κ3) is 3.79. The minimum atomic E-state index is -1.49. The second-order valence-corrected chi connectivity index (χ2v) is 5.28. The highest BCUT2D eigenvalue weighted by molar-refractivity contribution is 5.73. The maximum Gasteiger partial charge on any atom is 0.311 e. The normalized spacial score (nSPS) is 29.8. The summed E-state index contributed by atoms with van der Waals surface area (Å²) >= 11 is 0. The van der Waals surface area contributed by atoms with Crippen molar-refractivity contribution in [1.82, 2.24) is 5.32 Å². The van der Waals surface area contributed by atoms with E-state index in [-0.39, 0.29) is 11.4 Å². The molecule has 132 valence electrons. The van der Waals surface area contributed by atoms with Crippen LogP contribution >= 0.6 is 0 Å². The average Bonchev–Trinajstić information content (AvgIpc) is 2.54. The van der Waals surface area contributed by atoms with E-state index in [0.717, 1.165) is 0 Å². The van der Waals surface area contributed by atoms with Crippen LogP contribution < -0.4 is 10.1 Å². The molecule has 1 aromatic rings. The molecular weight excluding hydrogens is 324 g/mol. The van der Waals surface area contributed by atoms with Gasteiger partial charge in [-0.25, -0.2) is 0 Å². The Bertz CT molecular complexity index is 610. The van der Waals surface area contributed by atoms with Gasteiger partial charge in [0.25, 0.3) is 0 Å². The van der Waals surface area contributed by atoms with Crippen molar-refractivity contribution in [2.24, 2.45) is 0 Å². The molecule has 4 N–H and O–H groups in total. The number of aliphatic hydroxyl groups is 3. The van der Waals surface area contributed by atoms with Crippen LogP contribution in [-0.4, -0.2) is 63.4 Å². The molecule has 0 saturated carbocycles. The van der Waals surface area contributed by atoms with E-state index in [4.69, 9.17) is 9.47 Å². The number of ether oxygens (including phenoxy) is 2. The smallest absolute Gasteiger partial charge is 0.311 e. The van der Waals surface area contributed by atoms with Gasteiger partial charge in [-0.05, 0) is 6.07 Å². The number of nitrogens with zero attached hydrogens (tertiary/aromatic N) is 1. The van der Waals surface area contributed by atoms with Gasteiger partial charge in [0.05, 0.1) is 11.5 Å². The summed E-state index contributed by atoms with van der Waals surface area (Å²) in [6.45, 7) is 0.584. The Morgan fingerprint density at radius 3 is 2.62 bits per heavy atom. The van der Waals surface area contributed by atoms with E-state index in [2.05, 4.69) is 5.32 Å². The summed E-state index contributed by atoms with van der Waals surface area (Å²) in [5.41, 5.74) is -0.330. The van der Waals surface area contributed by atoms with Crippen molar-refractivity contribution in [1.29, 1.82) is 0 Å². The topological polar surface area (TPSA) is 151 Å². The summed E-state index contributed by atoms with van der Waals surface area (Å²) in [7, 11) is 0. The standard InChI is InChI=1S/C14H18N2O8/c1-7(18)15-11-13(20)12(19)10(6-17)24-14(11)23-9-5-3-2-4-8(9)16(21)22/h2-5,10-14,17,19-20H,6H2,1H3,(H,15,18)/t10-,11-,12+,13-,14-/m1/s1. The van der Waals surface area contributed by atoms with Crippen molar-refractivity contribution in [2.75, 3.05) is 6.61 Å². The summed E-state index contributed by atoms with van der Waals surface area (Å²) in [6, 6.07) is 4.33. The predicted octanol–water partition coefficient (Wildman–Crippen LogP) is -1.08. The van der Waals surface area contributed by atoms with E-state index in [1.54, 1.807) is 0 Å². The van der Waals surface area contributed by atoms with E-state index in [1.807, 2.05) is 0 Å². The van der Waals surface area contributed by atoms with Crippen LogP contribution in [0.5, 0.6) is 5.75 Å². The van der Waals surface area contributed by atoms with Crippen LogP contribution in [0.15, 0.2) is 24.3 Å². The Kier molecular flexibility index (Phi) is 5.67. The highest BCUT2D eigenvalue weighted by atomic mass is 16.7. The molecule has 0 aliphatic carbocycles. The summed E-state index contributed by atoms with van der Waals surface area (Å²) < 4.78 is 10.8. The van der Waals surface area contributed by atoms with Crippen molar-refractivity contribution in [3.63, 3.8) is 0 Å². The summed E-state index contributed by atoms with van der Waals surface area (Å²) in [5.74, 6) is -0.656. The fourth-order valence-corrected chi connectivity index (χ4v) is 2.40. The Hall–Kier alpha value is -2.27. The molecule has 2 rings (SSSR count). The van der Waals surface area contributed by atoms with Gasteiger partial charge >= 0.3 is 5.69 Å².